The fourth-order valence-corrected chi connectivity index (χ4v) is 3.47. The normalized spacial score (nSPS) is 13.5. The van der Waals surface area contributed by atoms with E-state index in [9.17, 15) is 14.7 Å². The molecule has 9 heteroatoms. The van der Waals surface area contributed by atoms with E-state index in [2.05, 4.69) is 4.99 Å². The summed E-state index contributed by atoms with van der Waals surface area (Å²) in [5, 5.41) is 10.1. The second-order valence-corrected chi connectivity index (χ2v) is 8.42. The third kappa shape index (κ3) is 3.42. The molecule has 0 radical (unpaired) electrons. The number of carboxylic acid groups (broad SMARTS) is 1. The molecule has 1 N–H and O–H groups in total. The van der Waals surface area contributed by atoms with E-state index < -0.39 is 22.3 Å². The van der Waals surface area contributed by atoms with Crippen molar-refractivity contribution in [2.75, 3.05) is 6.61 Å². The summed E-state index contributed by atoms with van der Waals surface area (Å²) in [5.41, 5.74) is 1.12. The van der Waals surface area contributed by atoms with E-state index in [1.165, 1.54) is 12.3 Å². The Balaban J connectivity index is 2.03. The molecule has 5 nitrogen and oxygen atoms in total. The molecular weight excluding hydrogens is 397 g/mol. The van der Waals surface area contributed by atoms with Crippen molar-refractivity contribution in [2.24, 2.45) is 4.99 Å². The van der Waals surface area contributed by atoms with Crippen molar-refractivity contribution in [3.05, 3.63) is 39.9 Å². The number of ether oxygens (including phenoxy) is 1. The fourth-order valence-electron chi connectivity index (χ4n) is 2.25. The van der Waals surface area contributed by atoms with Crippen LogP contribution >= 0.6 is 46.1 Å². The first-order chi connectivity index (χ1) is 11.3. The van der Waals surface area contributed by atoms with Crippen LogP contribution in [0, 0.1) is 0 Å². The summed E-state index contributed by atoms with van der Waals surface area (Å²) < 4.78 is 3.99. The molecule has 0 fully saturated rings. The SMILES string of the molecule is O=C(OCC(Cl)(Cl)Cl)C1=Cc2cccc3sc(C(=O)O)c(c23)C=N1. The van der Waals surface area contributed by atoms with Crippen LogP contribution in [0.4, 0.5) is 0 Å². The van der Waals surface area contributed by atoms with E-state index >= 15 is 0 Å². The number of carboxylic acids is 1. The van der Waals surface area contributed by atoms with Gasteiger partial charge < -0.3 is 9.84 Å². The molecule has 0 aliphatic carbocycles. The van der Waals surface area contributed by atoms with Gasteiger partial charge in [-0.3, -0.25) is 0 Å². The van der Waals surface area contributed by atoms with Gasteiger partial charge in [-0.05, 0) is 17.7 Å². The van der Waals surface area contributed by atoms with Gasteiger partial charge in [0.25, 0.3) is 0 Å². The van der Waals surface area contributed by atoms with Gasteiger partial charge in [-0.1, -0.05) is 46.9 Å². The van der Waals surface area contributed by atoms with Crippen LogP contribution in [-0.4, -0.2) is 33.7 Å². The number of carbonyl (C=O) groups excluding carboxylic acids is 1. The Morgan fingerprint density at radius 3 is 2.71 bits per heavy atom. The van der Waals surface area contributed by atoms with Crippen LogP contribution in [0.5, 0.6) is 0 Å². The highest BCUT2D eigenvalue weighted by atomic mass is 35.6. The maximum absolute atomic E-state index is 12.1. The maximum atomic E-state index is 12.1. The average molecular weight is 405 g/mol. The molecule has 1 aliphatic rings. The van der Waals surface area contributed by atoms with Crippen LogP contribution in [-0.2, 0) is 9.53 Å². The molecule has 1 aromatic heterocycles. The summed E-state index contributed by atoms with van der Waals surface area (Å²) >= 11 is 17.8. The first-order valence-corrected chi connectivity index (χ1v) is 8.50. The number of nitrogens with zero attached hydrogens (tertiary/aromatic N) is 1. The Bertz CT molecular complexity index is 911. The monoisotopic (exact) mass is 403 g/mol. The summed E-state index contributed by atoms with van der Waals surface area (Å²) in [6, 6.07) is 5.35. The molecule has 1 aromatic carbocycles. The minimum absolute atomic E-state index is 0.00529. The molecule has 0 unspecified atom stereocenters. The smallest absolute Gasteiger partial charge is 0.357 e. The number of carbonyl (C=O) groups is 2. The largest absolute Gasteiger partial charge is 0.477 e. The number of alkyl halides is 3. The zero-order valence-electron chi connectivity index (χ0n) is 11.8. The minimum Gasteiger partial charge on any atom is -0.477 e. The van der Waals surface area contributed by atoms with Gasteiger partial charge in [0.1, 0.15) is 17.2 Å². The predicted molar refractivity (Wildman–Crippen MR) is 95.6 cm³/mol. The van der Waals surface area contributed by atoms with Gasteiger partial charge in [-0.2, -0.15) is 0 Å². The van der Waals surface area contributed by atoms with Crippen molar-refractivity contribution in [3.63, 3.8) is 0 Å². The number of hydrogen-bond donors (Lipinski definition) is 1. The number of esters is 1. The molecule has 3 rings (SSSR count). The van der Waals surface area contributed by atoms with Gasteiger partial charge in [-0.25, -0.2) is 14.6 Å². The quantitative estimate of drug-likeness (QED) is 0.612. The third-order valence-electron chi connectivity index (χ3n) is 3.18. The van der Waals surface area contributed by atoms with E-state index in [1.54, 1.807) is 12.1 Å². The lowest BCUT2D eigenvalue weighted by Gasteiger charge is -2.11. The van der Waals surface area contributed by atoms with Crippen LogP contribution in [0.25, 0.3) is 16.2 Å². The predicted octanol–water partition coefficient (Wildman–Crippen LogP) is 4.29. The van der Waals surface area contributed by atoms with Gasteiger partial charge >= 0.3 is 11.9 Å². The summed E-state index contributed by atoms with van der Waals surface area (Å²) in [5.74, 6) is -1.81. The molecule has 0 bridgehead atoms. The first kappa shape index (κ1) is 17.2. The van der Waals surface area contributed by atoms with E-state index in [0.29, 0.717) is 11.1 Å². The van der Waals surface area contributed by atoms with Gasteiger partial charge in [0.15, 0.2) is 0 Å². The number of rotatable bonds is 3. The fraction of sp³-hybridized carbons (Fsp3) is 0.133. The van der Waals surface area contributed by atoms with Gasteiger partial charge in [0.05, 0.1) is 0 Å². The molecule has 2 heterocycles. The van der Waals surface area contributed by atoms with Crippen molar-refractivity contribution in [1.82, 2.24) is 0 Å². The number of aromatic carboxylic acids is 1. The molecule has 0 saturated heterocycles. The van der Waals surface area contributed by atoms with Crippen molar-refractivity contribution >= 4 is 80.5 Å². The molecule has 0 spiro atoms. The Kier molecular flexibility index (Phi) is 4.57. The van der Waals surface area contributed by atoms with E-state index in [4.69, 9.17) is 39.5 Å². The summed E-state index contributed by atoms with van der Waals surface area (Å²) in [7, 11) is 0. The van der Waals surface area contributed by atoms with Gasteiger partial charge in [0.2, 0.25) is 3.79 Å². The molecule has 0 saturated carbocycles. The number of aliphatic imine (C=N–C) groups is 1. The van der Waals surface area contributed by atoms with E-state index in [1.807, 2.05) is 6.07 Å². The Labute approximate surface area is 155 Å². The minimum atomic E-state index is -1.72. The standard InChI is InChI=1S/C15H8Cl3NO4S/c16-15(17,18)6-23-14(22)9-4-7-2-1-3-10-11(7)8(5-19-9)12(24-10)13(20)21/h1-5H,6H2,(H,20,21). The van der Waals surface area contributed by atoms with Crippen molar-refractivity contribution in [2.45, 2.75) is 3.79 Å². The van der Waals surface area contributed by atoms with Gasteiger partial charge in [0, 0.05) is 21.9 Å². The lowest BCUT2D eigenvalue weighted by Crippen LogP contribution is -2.18. The van der Waals surface area contributed by atoms with Gasteiger partial charge in [-0.15, -0.1) is 11.3 Å². The highest BCUT2D eigenvalue weighted by Crippen LogP contribution is 2.35. The topological polar surface area (TPSA) is 76.0 Å². The summed E-state index contributed by atoms with van der Waals surface area (Å²) in [6.45, 7) is -0.421. The Morgan fingerprint density at radius 1 is 1.29 bits per heavy atom. The molecule has 0 atom stereocenters. The van der Waals surface area contributed by atoms with E-state index in [0.717, 1.165) is 21.4 Å². The lowest BCUT2D eigenvalue weighted by atomic mass is 10.1. The molecule has 124 valence electrons. The van der Waals surface area contributed by atoms with Crippen molar-refractivity contribution in [1.29, 1.82) is 0 Å². The number of thiophene rings is 1. The average Bonchev–Trinajstić information content (AvgIpc) is 2.76. The highest BCUT2D eigenvalue weighted by molar-refractivity contribution is 7.21. The van der Waals surface area contributed by atoms with Crippen LogP contribution in [0.15, 0.2) is 28.9 Å². The maximum Gasteiger partial charge on any atom is 0.357 e. The number of benzene rings is 1. The second-order valence-electron chi connectivity index (χ2n) is 4.85. The Hall–Kier alpha value is -1.60. The van der Waals surface area contributed by atoms with Crippen LogP contribution in [0.1, 0.15) is 20.8 Å². The first-order valence-electron chi connectivity index (χ1n) is 6.55. The highest BCUT2D eigenvalue weighted by Gasteiger charge is 2.25. The van der Waals surface area contributed by atoms with Crippen molar-refractivity contribution in [3.8, 4) is 0 Å². The third-order valence-corrected chi connectivity index (χ3v) is 4.67. The molecular formula is C15H8Cl3NO4S. The van der Waals surface area contributed by atoms with Crippen LogP contribution < -0.4 is 0 Å². The Morgan fingerprint density at radius 2 is 2.04 bits per heavy atom. The van der Waals surface area contributed by atoms with Crippen LogP contribution in [0.2, 0.25) is 0 Å². The number of halogens is 3. The number of hydrogen-bond acceptors (Lipinski definition) is 5. The zero-order chi connectivity index (χ0) is 17.5. The van der Waals surface area contributed by atoms with Crippen LogP contribution in [0.3, 0.4) is 0 Å². The van der Waals surface area contributed by atoms with E-state index in [-0.39, 0.29) is 10.6 Å². The second kappa shape index (κ2) is 6.37. The summed E-state index contributed by atoms with van der Waals surface area (Å²) in [4.78, 5) is 27.7. The molecule has 0 amide bonds. The molecule has 1 aliphatic heterocycles. The zero-order valence-corrected chi connectivity index (χ0v) is 14.8. The summed E-state index contributed by atoms with van der Waals surface area (Å²) in [6.07, 6.45) is 2.87. The van der Waals surface area contributed by atoms with Crippen molar-refractivity contribution < 1.29 is 19.4 Å². The molecule has 2 aromatic rings. The molecule has 24 heavy (non-hydrogen) atoms. The lowest BCUT2D eigenvalue weighted by molar-refractivity contribution is -0.138.